The maximum absolute atomic E-state index is 11.6. The summed E-state index contributed by atoms with van der Waals surface area (Å²) in [6.45, 7) is 5.61. The molecule has 180 valence electrons. The van der Waals surface area contributed by atoms with E-state index in [-0.39, 0.29) is 46.1 Å². The van der Waals surface area contributed by atoms with Crippen molar-refractivity contribution in [2.75, 3.05) is 13.2 Å². The van der Waals surface area contributed by atoms with Crippen molar-refractivity contribution in [3.63, 3.8) is 0 Å². The van der Waals surface area contributed by atoms with Gasteiger partial charge in [0, 0.05) is 22.3 Å². The molecule has 4 rings (SSSR count). The second-order valence-corrected chi connectivity index (χ2v) is 6.85. The van der Waals surface area contributed by atoms with Gasteiger partial charge in [-0.2, -0.15) is 0 Å². The number of rotatable bonds is 0. The van der Waals surface area contributed by atoms with Gasteiger partial charge >= 0.3 is 21.7 Å². The van der Waals surface area contributed by atoms with Gasteiger partial charge in [0.25, 0.3) is 0 Å². The van der Waals surface area contributed by atoms with Gasteiger partial charge < -0.3 is 20.4 Å². The largest absolute Gasteiger partial charge is 4.00 e. The van der Waals surface area contributed by atoms with Crippen LogP contribution in [-0.2, 0) is 21.7 Å². The molecular weight excluding hydrogens is 488 g/mol. The third-order valence-corrected chi connectivity index (χ3v) is 4.45. The number of fused-ring (bicyclic) bond motifs is 2. The Morgan fingerprint density at radius 3 is 0.886 bits per heavy atom. The fraction of sp³-hybridized carbons (Fsp3) is 0.231. The van der Waals surface area contributed by atoms with Crippen molar-refractivity contribution in [3.05, 3.63) is 93.4 Å². The van der Waals surface area contributed by atoms with Crippen LogP contribution < -0.4 is 20.4 Å². The molecule has 0 saturated heterocycles. The Kier molecular flexibility index (Phi) is 13.6. The van der Waals surface area contributed by atoms with Crippen molar-refractivity contribution < 1.29 is 61.3 Å². The van der Waals surface area contributed by atoms with Gasteiger partial charge in [0.1, 0.15) is 0 Å². The molecule has 2 aromatic carbocycles. The molecule has 2 aromatic rings. The first-order chi connectivity index (χ1) is 16.1. The molecule has 0 unspecified atom stereocenters. The number of benzene rings is 2. The van der Waals surface area contributed by atoms with E-state index in [2.05, 4.69) is 0 Å². The molecule has 0 heterocycles. The summed E-state index contributed by atoms with van der Waals surface area (Å²) in [7, 11) is 0. The van der Waals surface area contributed by atoms with E-state index in [0.29, 0.717) is 22.3 Å². The zero-order valence-electron chi connectivity index (χ0n) is 19.8. The Bertz CT molecular complexity index is 988. The average molecular weight is 512 g/mol. The molecule has 2 aliphatic carbocycles. The van der Waals surface area contributed by atoms with E-state index in [1.54, 1.807) is 62.4 Å². The van der Waals surface area contributed by atoms with Gasteiger partial charge in [-0.05, 0) is 0 Å². The average Bonchev–Trinajstić information content (AvgIpc) is 3.20. The predicted octanol–water partition coefficient (Wildman–Crippen LogP) is 0.131. The Balaban J connectivity index is 0.000000528. The van der Waals surface area contributed by atoms with E-state index in [9.17, 15) is 29.4 Å². The predicted molar refractivity (Wildman–Crippen MR) is 117 cm³/mol. The molecule has 0 bridgehead atoms. The standard InChI is InChI=1S/2C11H8O3.2C2H5O.Ti/c2*1-6(12)9-10(13)7-4-2-3-5-8(7)11(9)14;2*1-2-3;/h2*2-5,12H,1H3;2*2H2,1H3;/q;;2*-1;+4/p-2. The van der Waals surface area contributed by atoms with Gasteiger partial charge in [-0.25, -0.2) is 0 Å². The molecule has 9 heteroatoms. The number of hydrogen-bond donors (Lipinski definition) is 0. The number of ketones is 4. The molecule has 0 fully saturated rings. The van der Waals surface area contributed by atoms with Crippen molar-refractivity contribution >= 4 is 23.1 Å². The third kappa shape index (κ3) is 7.41. The number of Topliss-reactive ketones (excluding diaryl/α,β-unsaturated/α-hetero) is 4. The molecule has 0 amide bonds. The Morgan fingerprint density at radius 1 is 0.571 bits per heavy atom. The SMILES string of the molecule is CC([O-])=C1C(=O)c2ccccc2C1=O.CC([O-])=C1C(=O)c2ccccc2C1=O.CC[O-].CC[O-].[Ti+4]. The summed E-state index contributed by atoms with van der Waals surface area (Å²) in [5, 5.41) is 40.0. The van der Waals surface area contributed by atoms with Crippen molar-refractivity contribution in [2.24, 2.45) is 0 Å². The minimum atomic E-state index is -0.462. The topological polar surface area (TPSA) is 161 Å². The van der Waals surface area contributed by atoms with Crippen LogP contribution in [0.25, 0.3) is 0 Å². The van der Waals surface area contributed by atoms with Crippen molar-refractivity contribution in [1.82, 2.24) is 0 Å². The van der Waals surface area contributed by atoms with Gasteiger partial charge in [0.15, 0.2) is 23.1 Å². The smallest absolute Gasteiger partial charge is 0.875 e. The van der Waals surface area contributed by atoms with Gasteiger partial charge in [-0.15, -0.1) is 24.7 Å². The quantitative estimate of drug-likeness (QED) is 0.208. The van der Waals surface area contributed by atoms with E-state index < -0.39 is 34.7 Å². The number of hydrogen-bond acceptors (Lipinski definition) is 8. The van der Waals surface area contributed by atoms with Crippen LogP contribution in [0.15, 0.2) is 71.2 Å². The van der Waals surface area contributed by atoms with Gasteiger partial charge in [-0.3, -0.25) is 19.2 Å². The second-order valence-electron chi connectivity index (χ2n) is 6.85. The van der Waals surface area contributed by atoms with Crippen LogP contribution in [0.2, 0.25) is 0 Å². The summed E-state index contributed by atoms with van der Waals surface area (Å²) in [6, 6.07) is 12.9. The second kappa shape index (κ2) is 15.0. The molecule has 0 radical (unpaired) electrons. The van der Waals surface area contributed by atoms with Gasteiger partial charge in [-0.1, -0.05) is 76.2 Å². The van der Waals surface area contributed by atoms with Crippen molar-refractivity contribution in [3.8, 4) is 0 Å². The number of carbonyl (C=O) groups is 4. The first kappa shape index (κ1) is 31.8. The summed E-state index contributed by atoms with van der Waals surface area (Å²) in [5.74, 6) is -2.71. The van der Waals surface area contributed by atoms with Crippen molar-refractivity contribution in [1.29, 1.82) is 0 Å². The van der Waals surface area contributed by atoms with Crippen LogP contribution >= 0.6 is 0 Å². The van der Waals surface area contributed by atoms with Crippen LogP contribution in [0.1, 0.15) is 69.1 Å². The van der Waals surface area contributed by atoms with E-state index in [0.717, 1.165) is 0 Å². The molecule has 35 heavy (non-hydrogen) atoms. The zero-order chi connectivity index (χ0) is 26.0. The molecule has 0 aromatic heterocycles. The van der Waals surface area contributed by atoms with Crippen LogP contribution in [0, 0.1) is 0 Å². The maximum Gasteiger partial charge on any atom is 4.00 e. The molecule has 2 aliphatic rings. The maximum atomic E-state index is 11.6. The number of carbonyl (C=O) groups excluding carboxylic acids is 4. The molecule has 0 N–H and O–H groups in total. The van der Waals surface area contributed by atoms with Crippen molar-refractivity contribution in [2.45, 2.75) is 27.7 Å². The van der Waals surface area contributed by atoms with Gasteiger partial charge in [0.05, 0.1) is 11.1 Å². The summed E-state index contributed by atoms with van der Waals surface area (Å²) in [5.41, 5.74) is 0.910. The van der Waals surface area contributed by atoms with Crippen LogP contribution in [0.3, 0.4) is 0 Å². The minimum absolute atomic E-state index is 0. The molecular formula is C26H24O8Ti. The van der Waals surface area contributed by atoms with E-state index in [4.69, 9.17) is 10.2 Å². The molecule has 8 nitrogen and oxygen atoms in total. The summed E-state index contributed by atoms with van der Waals surface area (Å²) >= 11 is 0. The molecule has 0 saturated carbocycles. The first-order valence-electron chi connectivity index (χ1n) is 10.4. The van der Waals surface area contributed by atoms with Crippen LogP contribution in [-0.4, -0.2) is 36.3 Å². The van der Waals surface area contributed by atoms with E-state index >= 15 is 0 Å². The molecule has 0 spiro atoms. The van der Waals surface area contributed by atoms with Crippen LogP contribution in [0.5, 0.6) is 0 Å². The Hall–Kier alpha value is -3.17. The Morgan fingerprint density at radius 2 is 0.743 bits per heavy atom. The Labute approximate surface area is 218 Å². The van der Waals surface area contributed by atoms with E-state index in [1.807, 2.05) is 0 Å². The fourth-order valence-corrected chi connectivity index (χ4v) is 3.14. The summed E-state index contributed by atoms with van der Waals surface area (Å²) in [4.78, 5) is 46.3. The third-order valence-electron chi connectivity index (χ3n) is 4.45. The number of allylic oxidation sites excluding steroid dienone is 4. The summed E-state index contributed by atoms with van der Waals surface area (Å²) in [6.07, 6.45) is 0. The van der Waals surface area contributed by atoms with Gasteiger partial charge in [0.2, 0.25) is 0 Å². The normalized spacial score (nSPS) is 12.6. The van der Waals surface area contributed by atoms with E-state index in [1.165, 1.54) is 13.8 Å². The molecule has 0 aliphatic heterocycles. The van der Waals surface area contributed by atoms with Crippen LogP contribution in [0.4, 0.5) is 0 Å². The first-order valence-corrected chi connectivity index (χ1v) is 10.4. The fourth-order valence-electron chi connectivity index (χ4n) is 3.14. The summed E-state index contributed by atoms with van der Waals surface area (Å²) < 4.78 is 0. The zero-order valence-corrected chi connectivity index (χ0v) is 21.4. The monoisotopic (exact) mass is 512 g/mol. The minimum Gasteiger partial charge on any atom is -0.875 e. The molecule has 0 atom stereocenters.